The molecule has 0 bridgehead atoms. The fraction of sp³-hybridized carbons (Fsp3) is 0. The van der Waals surface area contributed by atoms with E-state index in [1.54, 1.807) is 30.5 Å². The number of esters is 1. The second-order valence-electron chi connectivity index (χ2n) is 5.39. The zero-order chi connectivity index (χ0) is 16.5. The molecule has 0 radical (unpaired) electrons. The van der Waals surface area contributed by atoms with Crippen LogP contribution in [0, 0.1) is 0 Å². The van der Waals surface area contributed by atoms with Gasteiger partial charge in [0.2, 0.25) is 0 Å². The Morgan fingerprint density at radius 2 is 1.71 bits per heavy atom. The fourth-order valence-electron chi connectivity index (χ4n) is 2.74. The van der Waals surface area contributed by atoms with Gasteiger partial charge in [0.25, 0.3) is 0 Å². The molecular formula is C20H12BrNO2. The molecule has 0 aliphatic rings. The Morgan fingerprint density at radius 1 is 0.917 bits per heavy atom. The number of benzene rings is 3. The third-order valence-corrected chi connectivity index (χ3v) is 4.33. The summed E-state index contributed by atoms with van der Waals surface area (Å²) in [5.74, 6) is 0.124. The molecule has 1 heterocycles. The van der Waals surface area contributed by atoms with Crippen LogP contribution in [0.3, 0.4) is 0 Å². The van der Waals surface area contributed by atoms with Crippen LogP contribution < -0.4 is 4.74 Å². The average Bonchev–Trinajstić information content (AvgIpc) is 2.61. The van der Waals surface area contributed by atoms with E-state index in [0.717, 1.165) is 26.1 Å². The van der Waals surface area contributed by atoms with Gasteiger partial charge in [0.05, 0.1) is 16.5 Å². The average molecular weight is 378 g/mol. The number of ether oxygens (including phenoxy) is 1. The van der Waals surface area contributed by atoms with Crippen molar-refractivity contribution in [1.82, 2.24) is 4.98 Å². The molecule has 0 spiro atoms. The predicted octanol–water partition coefficient (Wildman–Crippen LogP) is 5.37. The Hall–Kier alpha value is -2.72. The molecule has 0 N–H and O–H groups in total. The van der Waals surface area contributed by atoms with Crippen molar-refractivity contribution in [3.8, 4) is 5.75 Å². The lowest BCUT2D eigenvalue weighted by molar-refractivity contribution is 0.0737. The van der Waals surface area contributed by atoms with Crippen molar-refractivity contribution < 1.29 is 9.53 Å². The van der Waals surface area contributed by atoms with E-state index in [1.165, 1.54) is 0 Å². The molecule has 1 aromatic heterocycles. The summed E-state index contributed by atoms with van der Waals surface area (Å²) < 4.78 is 6.51. The van der Waals surface area contributed by atoms with E-state index in [9.17, 15) is 4.79 Å². The van der Waals surface area contributed by atoms with E-state index in [4.69, 9.17) is 4.74 Å². The lowest BCUT2D eigenvalue weighted by atomic mass is 10.1. The number of fused-ring (bicyclic) bond motifs is 3. The quantitative estimate of drug-likeness (QED) is 0.267. The Kier molecular flexibility index (Phi) is 3.75. The van der Waals surface area contributed by atoms with Gasteiger partial charge in [-0.2, -0.15) is 0 Å². The number of pyridine rings is 1. The molecule has 0 saturated heterocycles. The van der Waals surface area contributed by atoms with Gasteiger partial charge in [0.15, 0.2) is 0 Å². The summed E-state index contributed by atoms with van der Waals surface area (Å²) in [6.45, 7) is 0. The zero-order valence-corrected chi connectivity index (χ0v) is 14.2. The SMILES string of the molecule is O=C(Oc1cccc2ccc3cccnc3c12)c1cccc(Br)c1. The minimum absolute atomic E-state index is 0.392. The topological polar surface area (TPSA) is 39.2 Å². The summed E-state index contributed by atoms with van der Waals surface area (Å²) in [5.41, 5.74) is 1.32. The summed E-state index contributed by atoms with van der Waals surface area (Å²) in [5, 5.41) is 2.84. The van der Waals surface area contributed by atoms with Crippen LogP contribution in [-0.2, 0) is 0 Å². The van der Waals surface area contributed by atoms with Crippen LogP contribution >= 0.6 is 15.9 Å². The highest BCUT2D eigenvalue weighted by Crippen LogP contribution is 2.32. The van der Waals surface area contributed by atoms with Crippen LogP contribution in [0.2, 0.25) is 0 Å². The highest BCUT2D eigenvalue weighted by atomic mass is 79.9. The van der Waals surface area contributed by atoms with Crippen LogP contribution in [-0.4, -0.2) is 11.0 Å². The van der Waals surface area contributed by atoms with Crippen LogP contribution in [0.15, 0.2) is 77.4 Å². The van der Waals surface area contributed by atoms with Crippen molar-refractivity contribution in [2.45, 2.75) is 0 Å². The third-order valence-electron chi connectivity index (χ3n) is 3.84. The number of carbonyl (C=O) groups excluding carboxylic acids is 1. The standard InChI is InChI=1S/C20H12BrNO2/c21-16-7-1-5-15(12-16)20(23)24-17-8-2-4-13-9-10-14-6-3-11-22-19(14)18(13)17/h1-12H. The molecule has 3 nitrogen and oxygen atoms in total. The minimum Gasteiger partial charge on any atom is -0.422 e. The largest absolute Gasteiger partial charge is 0.422 e. The first-order valence-electron chi connectivity index (χ1n) is 7.46. The summed E-state index contributed by atoms with van der Waals surface area (Å²) in [6, 6.07) is 20.7. The number of rotatable bonds is 2. The van der Waals surface area contributed by atoms with Crippen molar-refractivity contribution in [3.05, 3.63) is 83.0 Å². The Balaban J connectivity index is 1.85. The predicted molar refractivity (Wildman–Crippen MR) is 98.3 cm³/mol. The molecule has 0 amide bonds. The van der Waals surface area contributed by atoms with Crippen molar-refractivity contribution in [2.24, 2.45) is 0 Å². The van der Waals surface area contributed by atoms with Gasteiger partial charge in [-0.3, -0.25) is 4.98 Å². The molecule has 0 fully saturated rings. The van der Waals surface area contributed by atoms with E-state index >= 15 is 0 Å². The molecule has 0 unspecified atom stereocenters. The molecule has 0 aliphatic carbocycles. The van der Waals surface area contributed by atoms with E-state index in [0.29, 0.717) is 11.3 Å². The summed E-state index contributed by atoms with van der Waals surface area (Å²) in [4.78, 5) is 16.9. The Morgan fingerprint density at radius 3 is 2.58 bits per heavy atom. The smallest absolute Gasteiger partial charge is 0.343 e. The second kappa shape index (κ2) is 6.06. The van der Waals surface area contributed by atoms with Crippen LogP contribution in [0.5, 0.6) is 5.75 Å². The maximum atomic E-state index is 12.5. The molecule has 0 saturated carbocycles. The molecule has 0 atom stereocenters. The summed E-state index contributed by atoms with van der Waals surface area (Å²) >= 11 is 3.37. The highest BCUT2D eigenvalue weighted by Gasteiger charge is 2.13. The molecule has 0 aliphatic heterocycles. The first-order chi connectivity index (χ1) is 11.7. The maximum absolute atomic E-state index is 12.5. The molecule has 4 rings (SSSR count). The van der Waals surface area contributed by atoms with Gasteiger partial charge in [-0.05, 0) is 35.7 Å². The molecule has 24 heavy (non-hydrogen) atoms. The van der Waals surface area contributed by atoms with Crippen LogP contribution in [0.1, 0.15) is 10.4 Å². The van der Waals surface area contributed by atoms with Gasteiger partial charge >= 0.3 is 5.97 Å². The number of nitrogens with zero attached hydrogens (tertiary/aromatic N) is 1. The first kappa shape index (κ1) is 14.8. The third kappa shape index (κ3) is 2.65. The van der Waals surface area contributed by atoms with Gasteiger partial charge in [-0.25, -0.2) is 4.79 Å². The van der Waals surface area contributed by atoms with Crippen molar-refractivity contribution in [3.63, 3.8) is 0 Å². The second-order valence-corrected chi connectivity index (χ2v) is 6.31. The van der Waals surface area contributed by atoms with Gasteiger partial charge in [-0.15, -0.1) is 0 Å². The van der Waals surface area contributed by atoms with E-state index in [1.807, 2.05) is 42.5 Å². The minimum atomic E-state index is -0.392. The lowest BCUT2D eigenvalue weighted by Crippen LogP contribution is -2.08. The zero-order valence-electron chi connectivity index (χ0n) is 12.6. The molecular weight excluding hydrogens is 366 g/mol. The number of aromatic nitrogens is 1. The van der Waals surface area contributed by atoms with E-state index < -0.39 is 5.97 Å². The van der Waals surface area contributed by atoms with Gasteiger partial charge in [0, 0.05) is 16.1 Å². The maximum Gasteiger partial charge on any atom is 0.343 e. The monoisotopic (exact) mass is 377 g/mol. The molecule has 116 valence electrons. The summed E-state index contributed by atoms with van der Waals surface area (Å²) in [7, 11) is 0. The van der Waals surface area contributed by atoms with Crippen LogP contribution in [0.4, 0.5) is 0 Å². The Labute approximate surface area is 147 Å². The van der Waals surface area contributed by atoms with Gasteiger partial charge in [-0.1, -0.05) is 52.3 Å². The van der Waals surface area contributed by atoms with E-state index in [-0.39, 0.29) is 0 Å². The summed E-state index contributed by atoms with van der Waals surface area (Å²) in [6.07, 6.45) is 1.74. The molecule has 4 heteroatoms. The number of carbonyl (C=O) groups is 1. The number of hydrogen-bond acceptors (Lipinski definition) is 3. The van der Waals surface area contributed by atoms with E-state index in [2.05, 4.69) is 20.9 Å². The lowest BCUT2D eigenvalue weighted by Gasteiger charge is -2.10. The first-order valence-corrected chi connectivity index (χ1v) is 8.26. The fourth-order valence-corrected chi connectivity index (χ4v) is 3.14. The number of hydrogen-bond donors (Lipinski definition) is 0. The van der Waals surface area contributed by atoms with Gasteiger partial charge in [0.1, 0.15) is 5.75 Å². The molecule has 3 aromatic carbocycles. The normalized spacial score (nSPS) is 10.9. The Bertz CT molecular complexity index is 1080. The van der Waals surface area contributed by atoms with Crippen molar-refractivity contribution in [2.75, 3.05) is 0 Å². The van der Waals surface area contributed by atoms with Crippen molar-refractivity contribution in [1.29, 1.82) is 0 Å². The highest BCUT2D eigenvalue weighted by molar-refractivity contribution is 9.10. The molecule has 4 aromatic rings. The van der Waals surface area contributed by atoms with Crippen molar-refractivity contribution >= 4 is 43.6 Å². The van der Waals surface area contributed by atoms with Gasteiger partial charge < -0.3 is 4.74 Å². The number of halogens is 1. The van der Waals surface area contributed by atoms with Crippen LogP contribution in [0.25, 0.3) is 21.7 Å².